The quantitative estimate of drug-likeness (QED) is 0.629. The number of aromatic nitrogens is 1. The molecule has 8 nitrogen and oxygen atoms in total. The van der Waals surface area contributed by atoms with Crippen LogP contribution in [-0.2, 0) is 9.59 Å². The van der Waals surface area contributed by atoms with E-state index in [2.05, 4.69) is 15.3 Å². The molecule has 1 aromatic carbocycles. The first-order chi connectivity index (χ1) is 16.9. The highest BCUT2D eigenvalue weighted by Crippen LogP contribution is 2.51. The summed E-state index contributed by atoms with van der Waals surface area (Å²) in [5, 5.41) is 3.83. The summed E-state index contributed by atoms with van der Waals surface area (Å²) in [6.07, 6.45) is 4.96. The standard InChI is InChI=1S/C27H32ClN5O3/c1-26(2)13-22(34)33(25(29)32-26)23(15-6-5-9-30-14-15)18-11-19(18)24(35)31-20-12-27(3,4)36-21-10-16(28)7-8-17(20)21/h5-10,14,18-20,23H,11-13H2,1-4H3,(H2,29,32)(H,31,35)/t18?,19-,20+,23-/m1/s1. The van der Waals surface area contributed by atoms with Crippen LogP contribution in [-0.4, -0.2) is 38.8 Å². The van der Waals surface area contributed by atoms with E-state index in [4.69, 9.17) is 22.1 Å². The third kappa shape index (κ3) is 4.78. The first kappa shape index (κ1) is 24.6. The van der Waals surface area contributed by atoms with E-state index in [1.807, 2.05) is 52.0 Å². The number of aliphatic imine (C=N–C) groups is 1. The monoisotopic (exact) mass is 509 g/mol. The molecule has 4 atom stereocenters. The number of rotatable bonds is 5. The van der Waals surface area contributed by atoms with Crippen LogP contribution in [0.15, 0.2) is 47.7 Å². The van der Waals surface area contributed by atoms with Crippen LogP contribution in [0.5, 0.6) is 5.75 Å². The summed E-state index contributed by atoms with van der Waals surface area (Å²) in [6, 6.07) is 8.66. The van der Waals surface area contributed by atoms with Gasteiger partial charge in [0.25, 0.3) is 0 Å². The Morgan fingerprint density at radius 2 is 2.06 bits per heavy atom. The normalized spacial score (nSPS) is 26.8. The summed E-state index contributed by atoms with van der Waals surface area (Å²) in [4.78, 5) is 37.1. The Bertz CT molecular complexity index is 1230. The van der Waals surface area contributed by atoms with Gasteiger partial charge in [0.1, 0.15) is 11.4 Å². The molecule has 0 radical (unpaired) electrons. The summed E-state index contributed by atoms with van der Waals surface area (Å²) in [5.74, 6) is 0.392. The predicted octanol–water partition coefficient (Wildman–Crippen LogP) is 4.16. The molecule has 9 heteroatoms. The molecule has 190 valence electrons. The van der Waals surface area contributed by atoms with Crippen LogP contribution in [0.2, 0.25) is 5.02 Å². The molecule has 5 rings (SSSR count). The first-order valence-electron chi connectivity index (χ1n) is 12.3. The Morgan fingerprint density at radius 1 is 1.28 bits per heavy atom. The van der Waals surface area contributed by atoms with Crippen LogP contribution in [0.3, 0.4) is 0 Å². The molecule has 2 aliphatic heterocycles. The summed E-state index contributed by atoms with van der Waals surface area (Å²) in [5.41, 5.74) is 7.08. The first-order valence-corrected chi connectivity index (χ1v) is 12.7. The van der Waals surface area contributed by atoms with Gasteiger partial charge in [0.05, 0.1) is 24.0 Å². The highest BCUT2D eigenvalue weighted by molar-refractivity contribution is 6.30. The zero-order chi connectivity index (χ0) is 25.8. The molecular formula is C27H32ClN5O3. The number of carbonyl (C=O) groups excluding carboxylic acids is 2. The molecule has 1 saturated carbocycles. The highest BCUT2D eigenvalue weighted by atomic mass is 35.5. The molecule has 2 amide bonds. The van der Waals surface area contributed by atoms with Crippen molar-refractivity contribution in [3.05, 3.63) is 58.9 Å². The van der Waals surface area contributed by atoms with Gasteiger partial charge in [0, 0.05) is 35.3 Å². The summed E-state index contributed by atoms with van der Waals surface area (Å²) < 4.78 is 6.11. The SMILES string of the molecule is CC1(C)CC(=O)N([C@H](c2cccnc2)C2C[C@H]2C(=O)N[C@H]2CC(C)(C)Oc3cc(Cl)ccc32)C(N)=N1. The lowest BCUT2D eigenvalue weighted by atomic mass is 9.89. The molecule has 0 bridgehead atoms. The summed E-state index contributed by atoms with van der Waals surface area (Å²) in [6.45, 7) is 7.78. The average Bonchev–Trinajstić information content (AvgIpc) is 3.55. The third-order valence-corrected chi connectivity index (χ3v) is 7.39. The van der Waals surface area contributed by atoms with Crippen LogP contribution in [0, 0.1) is 11.8 Å². The fourth-order valence-electron chi connectivity index (χ4n) is 5.52. The van der Waals surface area contributed by atoms with Crippen LogP contribution < -0.4 is 15.8 Å². The van der Waals surface area contributed by atoms with Gasteiger partial charge in [-0.2, -0.15) is 0 Å². The number of benzene rings is 1. The van der Waals surface area contributed by atoms with Gasteiger partial charge in [-0.1, -0.05) is 23.7 Å². The van der Waals surface area contributed by atoms with Crippen molar-refractivity contribution in [1.82, 2.24) is 15.2 Å². The second-order valence-corrected chi connectivity index (χ2v) is 11.7. The number of hydrogen-bond donors (Lipinski definition) is 2. The van der Waals surface area contributed by atoms with E-state index in [9.17, 15) is 9.59 Å². The number of hydrogen-bond acceptors (Lipinski definition) is 6. The number of amides is 2. The van der Waals surface area contributed by atoms with Gasteiger partial charge in [-0.05, 0) is 63.8 Å². The van der Waals surface area contributed by atoms with Crippen LogP contribution in [0.25, 0.3) is 0 Å². The van der Waals surface area contributed by atoms with Crippen molar-refractivity contribution in [2.75, 3.05) is 0 Å². The van der Waals surface area contributed by atoms with E-state index in [0.717, 1.165) is 11.1 Å². The van der Waals surface area contributed by atoms with Crippen LogP contribution >= 0.6 is 11.6 Å². The molecule has 3 N–H and O–H groups in total. The predicted molar refractivity (Wildman–Crippen MR) is 137 cm³/mol. The number of ether oxygens (including phenoxy) is 1. The van der Waals surface area contributed by atoms with Crippen molar-refractivity contribution in [3.63, 3.8) is 0 Å². The van der Waals surface area contributed by atoms with Crippen molar-refractivity contribution in [1.29, 1.82) is 0 Å². The van der Waals surface area contributed by atoms with Gasteiger partial charge in [-0.3, -0.25) is 19.5 Å². The lowest BCUT2D eigenvalue weighted by molar-refractivity contribution is -0.132. The Morgan fingerprint density at radius 3 is 2.75 bits per heavy atom. The van der Waals surface area contributed by atoms with Crippen molar-refractivity contribution in [2.24, 2.45) is 22.6 Å². The summed E-state index contributed by atoms with van der Waals surface area (Å²) in [7, 11) is 0. The fraction of sp³-hybridized carbons (Fsp3) is 0.481. The number of nitrogens with one attached hydrogen (secondary N) is 1. The molecular weight excluding hydrogens is 478 g/mol. The highest BCUT2D eigenvalue weighted by Gasteiger charge is 2.53. The van der Waals surface area contributed by atoms with E-state index in [-0.39, 0.29) is 42.1 Å². The second-order valence-electron chi connectivity index (χ2n) is 11.3. The molecule has 1 aromatic heterocycles. The molecule has 1 aliphatic carbocycles. The Hall–Kier alpha value is -3.13. The van der Waals surface area contributed by atoms with Gasteiger partial charge < -0.3 is 15.8 Å². The van der Waals surface area contributed by atoms with Gasteiger partial charge in [-0.15, -0.1) is 0 Å². The molecule has 0 spiro atoms. The zero-order valence-corrected chi connectivity index (χ0v) is 21.7. The molecule has 1 unspecified atom stereocenters. The Labute approximate surface area is 216 Å². The van der Waals surface area contributed by atoms with Crippen molar-refractivity contribution in [2.45, 2.75) is 70.2 Å². The lowest BCUT2D eigenvalue weighted by Gasteiger charge is -2.38. The molecule has 2 aromatic rings. The van der Waals surface area contributed by atoms with E-state index in [1.54, 1.807) is 23.4 Å². The maximum Gasteiger partial charge on any atom is 0.232 e. The number of nitrogens with two attached hydrogens (primary N) is 1. The molecule has 3 aliphatic rings. The molecule has 36 heavy (non-hydrogen) atoms. The minimum Gasteiger partial charge on any atom is -0.487 e. The minimum atomic E-state index is -0.552. The van der Waals surface area contributed by atoms with E-state index >= 15 is 0 Å². The molecule has 0 saturated heterocycles. The minimum absolute atomic E-state index is 0.0437. The smallest absolute Gasteiger partial charge is 0.232 e. The topological polar surface area (TPSA) is 110 Å². The Kier molecular flexibility index (Phi) is 5.98. The van der Waals surface area contributed by atoms with Gasteiger partial charge in [0.2, 0.25) is 11.8 Å². The Balaban J connectivity index is 1.39. The van der Waals surface area contributed by atoms with Gasteiger partial charge in [0.15, 0.2) is 5.96 Å². The number of halogens is 1. The maximum absolute atomic E-state index is 13.5. The maximum atomic E-state index is 13.5. The van der Waals surface area contributed by atoms with E-state index in [0.29, 0.717) is 23.6 Å². The average molecular weight is 510 g/mol. The fourth-order valence-corrected chi connectivity index (χ4v) is 5.68. The van der Waals surface area contributed by atoms with Crippen LogP contribution in [0.4, 0.5) is 0 Å². The lowest BCUT2D eigenvalue weighted by Crippen LogP contribution is -2.52. The third-order valence-electron chi connectivity index (χ3n) is 7.15. The van der Waals surface area contributed by atoms with Gasteiger partial charge >= 0.3 is 0 Å². The summed E-state index contributed by atoms with van der Waals surface area (Å²) >= 11 is 6.19. The largest absolute Gasteiger partial charge is 0.487 e. The molecule has 3 heterocycles. The van der Waals surface area contributed by atoms with Gasteiger partial charge in [-0.25, -0.2) is 4.99 Å². The van der Waals surface area contributed by atoms with Crippen LogP contribution in [0.1, 0.15) is 70.2 Å². The number of guanidine groups is 1. The van der Waals surface area contributed by atoms with Crippen molar-refractivity contribution < 1.29 is 14.3 Å². The number of pyridine rings is 1. The van der Waals surface area contributed by atoms with Crippen molar-refractivity contribution in [3.8, 4) is 5.75 Å². The number of nitrogens with zero attached hydrogens (tertiary/aromatic N) is 3. The van der Waals surface area contributed by atoms with E-state index < -0.39 is 17.2 Å². The second kappa shape index (κ2) is 8.76. The number of carbonyl (C=O) groups is 2. The molecule has 1 fully saturated rings. The zero-order valence-electron chi connectivity index (χ0n) is 21.0. The van der Waals surface area contributed by atoms with E-state index in [1.165, 1.54) is 0 Å². The van der Waals surface area contributed by atoms with Crippen molar-refractivity contribution >= 4 is 29.4 Å². The number of fused-ring (bicyclic) bond motifs is 1.